The van der Waals surface area contributed by atoms with E-state index >= 15 is 0 Å². The van der Waals surface area contributed by atoms with E-state index < -0.39 is 47.7 Å². The quantitative estimate of drug-likeness (QED) is 0.137. The minimum atomic E-state index is -1.14. The third-order valence-corrected chi connectivity index (χ3v) is 9.64. The van der Waals surface area contributed by atoms with E-state index in [-0.39, 0.29) is 54.0 Å². The molecule has 0 unspecified atom stereocenters. The lowest BCUT2D eigenvalue weighted by molar-refractivity contribution is -0.131. The molecule has 15 nitrogen and oxygen atoms in total. The Kier molecular flexibility index (Phi) is 14.4. The van der Waals surface area contributed by atoms with Crippen molar-refractivity contribution in [3.8, 4) is 5.75 Å². The number of piperidine rings is 1. The molecular formula is C34H46N8O7S. The van der Waals surface area contributed by atoms with Crippen LogP contribution in [0.4, 0.5) is 5.69 Å². The van der Waals surface area contributed by atoms with Crippen LogP contribution >= 0.6 is 11.8 Å². The van der Waals surface area contributed by atoms with E-state index in [0.29, 0.717) is 49.0 Å². The van der Waals surface area contributed by atoms with Gasteiger partial charge in [-0.25, -0.2) is 0 Å². The number of benzene rings is 2. The van der Waals surface area contributed by atoms with Crippen molar-refractivity contribution in [3.63, 3.8) is 0 Å². The fourth-order valence-corrected chi connectivity index (χ4v) is 6.77. The summed E-state index contributed by atoms with van der Waals surface area (Å²) < 4.78 is 0. The average Bonchev–Trinajstić information content (AvgIpc) is 3.10. The van der Waals surface area contributed by atoms with E-state index in [1.807, 2.05) is 0 Å². The summed E-state index contributed by atoms with van der Waals surface area (Å²) in [5.74, 6) is -3.05. The second-order valence-electron chi connectivity index (χ2n) is 12.4. The number of amides is 6. The molecule has 0 aromatic heterocycles. The van der Waals surface area contributed by atoms with Crippen molar-refractivity contribution in [2.24, 2.45) is 17.4 Å². The lowest BCUT2D eigenvalue weighted by Gasteiger charge is -2.26. The van der Waals surface area contributed by atoms with E-state index in [9.17, 15) is 33.9 Å². The zero-order valence-electron chi connectivity index (χ0n) is 27.8. The van der Waals surface area contributed by atoms with Crippen LogP contribution in [0.2, 0.25) is 0 Å². The molecule has 0 radical (unpaired) electrons. The molecule has 2 aromatic carbocycles. The van der Waals surface area contributed by atoms with Crippen LogP contribution in [0.15, 0.2) is 42.5 Å². The van der Waals surface area contributed by atoms with E-state index in [0.717, 1.165) is 13.1 Å². The van der Waals surface area contributed by atoms with Crippen molar-refractivity contribution in [1.29, 1.82) is 0 Å². The lowest BCUT2D eigenvalue weighted by atomic mass is 9.97. The summed E-state index contributed by atoms with van der Waals surface area (Å²) in [4.78, 5) is 78.7. The number of anilines is 1. The van der Waals surface area contributed by atoms with Gasteiger partial charge in [0.2, 0.25) is 29.5 Å². The van der Waals surface area contributed by atoms with Crippen molar-refractivity contribution >= 4 is 52.9 Å². The zero-order chi connectivity index (χ0) is 36.0. The van der Waals surface area contributed by atoms with Crippen LogP contribution in [-0.2, 0) is 36.1 Å². The van der Waals surface area contributed by atoms with Crippen molar-refractivity contribution < 1.29 is 33.9 Å². The highest BCUT2D eigenvalue weighted by Crippen LogP contribution is 2.23. The maximum absolute atomic E-state index is 13.9. The van der Waals surface area contributed by atoms with Crippen LogP contribution in [0.25, 0.3) is 0 Å². The summed E-state index contributed by atoms with van der Waals surface area (Å²) in [6, 6.07) is 7.64. The summed E-state index contributed by atoms with van der Waals surface area (Å²) >= 11 is 1.27. The molecule has 11 N–H and O–H groups in total. The smallest absolute Gasteiger partial charge is 0.252 e. The minimum absolute atomic E-state index is 0.0316. The summed E-state index contributed by atoms with van der Waals surface area (Å²) in [5, 5.41) is 26.5. The topological polar surface area (TPSA) is 247 Å². The third-order valence-electron chi connectivity index (χ3n) is 8.55. The summed E-state index contributed by atoms with van der Waals surface area (Å²) in [6.07, 6.45) is 2.75. The number of rotatable bonds is 11. The number of phenolic OH excluding ortho intramolecular Hbond substituents is 1. The number of carbonyl (C=O) groups is 6. The Bertz CT molecular complexity index is 1530. The average molecular weight is 711 g/mol. The molecular weight excluding hydrogens is 664 g/mol. The van der Waals surface area contributed by atoms with Gasteiger partial charge in [-0.05, 0) is 87.1 Å². The molecule has 0 spiro atoms. The number of primary amides is 1. The number of carbonyl (C=O) groups excluding carboxylic acids is 6. The molecule has 50 heavy (non-hydrogen) atoms. The van der Waals surface area contributed by atoms with Crippen LogP contribution in [0.5, 0.6) is 5.75 Å². The first-order valence-corrected chi connectivity index (χ1v) is 17.9. The van der Waals surface area contributed by atoms with Gasteiger partial charge in [0.1, 0.15) is 23.9 Å². The predicted octanol–water partition coefficient (Wildman–Crippen LogP) is -0.382. The summed E-state index contributed by atoms with van der Waals surface area (Å²) in [7, 11) is 0. The number of phenols is 1. The van der Waals surface area contributed by atoms with Gasteiger partial charge in [-0.1, -0.05) is 18.2 Å². The molecule has 0 saturated carbocycles. The number of hydrogen-bond acceptors (Lipinski definition) is 10. The first kappa shape index (κ1) is 38.1. The molecule has 2 aliphatic heterocycles. The molecule has 3 atom stereocenters. The molecule has 4 rings (SSSR count). The third kappa shape index (κ3) is 11.5. The van der Waals surface area contributed by atoms with E-state index in [4.69, 9.17) is 11.5 Å². The first-order valence-electron chi connectivity index (χ1n) is 16.7. The van der Waals surface area contributed by atoms with E-state index in [2.05, 4.69) is 31.9 Å². The number of hydrogen-bond donors (Lipinski definition) is 9. The van der Waals surface area contributed by atoms with Gasteiger partial charge >= 0.3 is 0 Å². The molecule has 16 heteroatoms. The molecule has 0 bridgehead atoms. The van der Waals surface area contributed by atoms with Gasteiger partial charge in [-0.15, -0.1) is 0 Å². The summed E-state index contributed by atoms with van der Waals surface area (Å²) in [5.41, 5.74) is 13.0. The molecule has 1 saturated heterocycles. The molecule has 2 heterocycles. The van der Waals surface area contributed by atoms with Crippen molar-refractivity contribution in [1.82, 2.24) is 26.6 Å². The highest BCUT2D eigenvalue weighted by Gasteiger charge is 2.31. The number of fused-ring (bicyclic) bond motifs is 1. The number of nitrogens with two attached hydrogens (primary N) is 2. The van der Waals surface area contributed by atoms with Crippen LogP contribution in [0, 0.1) is 5.92 Å². The highest BCUT2D eigenvalue weighted by molar-refractivity contribution is 7.98. The number of thioether (sulfide) groups is 1. The van der Waals surface area contributed by atoms with Gasteiger partial charge in [0, 0.05) is 35.1 Å². The van der Waals surface area contributed by atoms with Gasteiger partial charge in [0.15, 0.2) is 0 Å². The normalized spacial score (nSPS) is 20.7. The Morgan fingerprint density at radius 3 is 2.34 bits per heavy atom. The molecule has 0 aliphatic carbocycles. The molecule has 2 aromatic rings. The van der Waals surface area contributed by atoms with Crippen LogP contribution in [-0.4, -0.2) is 90.6 Å². The predicted molar refractivity (Wildman–Crippen MR) is 189 cm³/mol. The zero-order valence-corrected chi connectivity index (χ0v) is 28.6. The van der Waals surface area contributed by atoms with Gasteiger partial charge in [-0.2, -0.15) is 11.8 Å². The first-order chi connectivity index (χ1) is 24.0. The maximum Gasteiger partial charge on any atom is 0.252 e. The van der Waals surface area contributed by atoms with E-state index in [1.54, 1.807) is 24.3 Å². The molecule has 2 aliphatic rings. The standard InChI is InChI=1S/C34H46N8O7S/c35-12-2-1-3-26-33(48)41-27(15-20-4-8-24(43)9-5-20)34(49)42-28(30(36)45)19-50-18-22-6-7-23(16-25(22)32(47)40-26)39-29(44)17-38-31(46)21-10-13-37-14-11-21/h4-9,16,21,26-28,37,43H,1-3,10-15,17-19,35H2,(H2,36,45)(H,38,46)(H,39,44)(H,40,47)(H,41,48)(H,42,49)/t26-,27-,28-/m0/s1. The van der Waals surface area contributed by atoms with Gasteiger partial charge in [0.05, 0.1) is 6.54 Å². The molecule has 270 valence electrons. The molecule has 6 amide bonds. The number of nitrogens with one attached hydrogen (secondary N) is 6. The number of unbranched alkanes of at least 4 members (excludes halogenated alkanes) is 1. The fourth-order valence-electron chi connectivity index (χ4n) is 5.69. The second-order valence-corrected chi connectivity index (χ2v) is 13.4. The van der Waals surface area contributed by atoms with Crippen molar-refractivity contribution in [2.45, 2.75) is 62.4 Å². The van der Waals surface area contributed by atoms with Crippen molar-refractivity contribution in [3.05, 3.63) is 59.2 Å². The Morgan fingerprint density at radius 2 is 1.64 bits per heavy atom. The van der Waals surface area contributed by atoms with Crippen molar-refractivity contribution in [2.75, 3.05) is 37.2 Å². The van der Waals surface area contributed by atoms with Crippen LogP contribution in [0.1, 0.15) is 53.6 Å². The van der Waals surface area contributed by atoms with Gasteiger partial charge in [0.25, 0.3) is 5.91 Å². The SMILES string of the molecule is NCCCC[C@@H]1NC(=O)c2cc(NC(=O)CNC(=O)C3CCNCC3)ccc2CSC[C@@H](C(N)=O)NC(=O)[C@H](Cc2ccc(O)cc2)NC1=O. The fraction of sp³-hybridized carbons (Fsp3) is 0.471. The largest absolute Gasteiger partial charge is 0.508 e. The lowest BCUT2D eigenvalue weighted by Crippen LogP contribution is -2.57. The maximum atomic E-state index is 13.9. The Morgan fingerprint density at radius 1 is 0.920 bits per heavy atom. The highest BCUT2D eigenvalue weighted by atomic mass is 32.2. The van der Waals surface area contributed by atoms with E-state index in [1.165, 1.54) is 30.0 Å². The van der Waals surface area contributed by atoms with Crippen LogP contribution < -0.4 is 43.4 Å². The Hall–Kier alpha value is -4.67. The monoisotopic (exact) mass is 710 g/mol. The Balaban J connectivity index is 1.57. The van der Waals surface area contributed by atoms with Crippen LogP contribution in [0.3, 0.4) is 0 Å². The second kappa shape index (κ2) is 18.9. The minimum Gasteiger partial charge on any atom is -0.508 e. The number of aromatic hydroxyl groups is 1. The Labute approximate surface area is 294 Å². The molecule has 1 fully saturated rings. The van der Waals surface area contributed by atoms with Gasteiger partial charge in [-0.3, -0.25) is 28.8 Å². The van der Waals surface area contributed by atoms with Gasteiger partial charge < -0.3 is 48.5 Å². The summed E-state index contributed by atoms with van der Waals surface area (Å²) in [6.45, 7) is 1.63.